The Labute approximate surface area is 198 Å². The number of carbonyl (C=O) groups is 3. The zero-order valence-corrected chi connectivity index (χ0v) is 18.8. The number of alkyl halides is 3. The molecule has 9 nitrogen and oxygen atoms in total. The topological polar surface area (TPSA) is 101 Å². The largest absolute Gasteiger partial charge is 0.573 e. The van der Waals surface area contributed by atoms with Crippen LogP contribution in [0.5, 0.6) is 5.75 Å². The van der Waals surface area contributed by atoms with Gasteiger partial charge in [-0.2, -0.15) is 0 Å². The number of anilines is 2. The number of halogens is 3. The van der Waals surface area contributed by atoms with Gasteiger partial charge in [-0.25, -0.2) is 14.5 Å². The molecule has 0 atom stereocenters. The van der Waals surface area contributed by atoms with E-state index in [2.05, 4.69) is 15.0 Å². The Hall–Kier alpha value is -3.83. The van der Waals surface area contributed by atoms with Gasteiger partial charge >= 0.3 is 18.5 Å². The molecule has 4 rings (SSSR count). The van der Waals surface area contributed by atoms with E-state index in [0.29, 0.717) is 24.1 Å². The maximum absolute atomic E-state index is 13.3. The first kappa shape index (κ1) is 24.3. The highest BCUT2D eigenvalue weighted by Crippen LogP contribution is 2.50. The summed E-state index contributed by atoms with van der Waals surface area (Å²) >= 11 is 0. The van der Waals surface area contributed by atoms with Crippen LogP contribution in [0.15, 0.2) is 42.7 Å². The summed E-state index contributed by atoms with van der Waals surface area (Å²) in [4.78, 5) is 44.9. The van der Waals surface area contributed by atoms with Crippen LogP contribution in [0.25, 0.3) is 0 Å². The minimum absolute atomic E-state index is 0.0173. The fourth-order valence-electron chi connectivity index (χ4n) is 3.86. The Kier molecular flexibility index (Phi) is 6.55. The third-order valence-electron chi connectivity index (χ3n) is 5.80. The number of benzene rings is 1. The van der Waals surface area contributed by atoms with Crippen molar-refractivity contribution < 1.29 is 37.0 Å². The van der Waals surface area contributed by atoms with Crippen molar-refractivity contribution >= 4 is 29.4 Å². The molecule has 1 saturated heterocycles. The number of rotatable bonds is 8. The van der Waals surface area contributed by atoms with Gasteiger partial charge in [-0.3, -0.25) is 15.1 Å². The highest BCUT2D eigenvalue weighted by molar-refractivity contribution is 6.24. The van der Waals surface area contributed by atoms with Gasteiger partial charge in [0, 0.05) is 6.20 Å². The van der Waals surface area contributed by atoms with Crippen molar-refractivity contribution in [3.05, 3.63) is 48.3 Å². The zero-order chi connectivity index (χ0) is 25.2. The smallest absolute Gasteiger partial charge is 0.449 e. The summed E-state index contributed by atoms with van der Waals surface area (Å²) in [5.41, 5.74) is 0.00379. The number of hydrogen-bond donors (Lipinski definition) is 1. The Bertz CT molecular complexity index is 1120. The van der Waals surface area contributed by atoms with E-state index >= 15 is 0 Å². The Morgan fingerprint density at radius 1 is 1.17 bits per heavy atom. The molecule has 2 aromatic rings. The van der Waals surface area contributed by atoms with Crippen LogP contribution in [-0.2, 0) is 16.1 Å². The van der Waals surface area contributed by atoms with E-state index in [9.17, 15) is 27.6 Å². The van der Waals surface area contributed by atoms with Gasteiger partial charge in [0.2, 0.25) is 0 Å². The lowest BCUT2D eigenvalue weighted by Gasteiger charge is -2.22. The number of ether oxygens (including phenoxy) is 2. The standard InChI is InChI=1S/C23H23F3N4O5/c1-2-3-12-34-20(32)28-18-13-27-11-8-15(18)14-29-21(33)30(19(31)22(29)9-10-22)16-4-6-17(7-5-16)35-23(24,25)26/h4-8,11,13H,2-3,9-10,12,14H2,1H3,(H,28,32). The summed E-state index contributed by atoms with van der Waals surface area (Å²) < 4.78 is 46.3. The quantitative estimate of drug-likeness (QED) is 0.419. The third-order valence-corrected chi connectivity index (χ3v) is 5.80. The average molecular weight is 492 g/mol. The van der Waals surface area contributed by atoms with E-state index in [-0.39, 0.29) is 18.8 Å². The van der Waals surface area contributed by atoms with Gasteiger partial charge < -0.3 is 14.4 Å². The highest BCUT2D eigenvalue weighted by Gasteiger charge is 2.65. The van der Waals surface area contributed by atoms with Crippen LogP contribution < -0.4 is 15.0 Å². The van der Waals surface area contributed by atoms with E-state index in [4.69, 9.17) is 4.74 Å². The number of pyridine rings is 1. The average Bonchev–Trinajstić information content (AvgIpc) is 3.57. The van der Waals surface area contributed by atoms with Crippen molar-refractivity contribution in [3.63, 3.8) is 0 Å². The minimum Gasteiger partial charge on any atom is -0.449 e. The van der Waals surface area contributed by atoms with E-state index < -0.39 is 35.7 Å². The van der Waals surface area contributed by atoms with Crippen LogP contribution in [-0.4, -0.2) is 46.4 Å². The van der Waals surface area contributed by atoms with E-state index in [1.807, 2.05) is 6.92 Å². The van der Waals surface area contributed by atoms with Gasteiger partial charge in [-0.1, -0.05) is 13.3 Å². The number of amides is 4. The second-order valence-electron chi connectivity index (χ2n) is 8.23. The molecule has 1 aliphatic heterocycles. The van der Waals surface area contributed by atoms with Crippen LogP contribution in [0.4, 0.5) is 34.1 Å². The lowest BCUT2D eigenvalue weighted by molar-refractivity contribution is -0.274. The second kappa shape index (κ2) is 9.43. The first-order chi connectivity index (χ1) is 16.6. The van der Waals surface area contributed by atoms with Gasteiger partial charge in [0.1, 0.15) is 11.3 Å². The molecular formula is C23H23F3N4O5. The van der Waals surface area contributed by atoms with Gasteiger partial charge in [-0.15, -0.1) is 13.2 Å². The van der Waals surface area contributed by atoms with Gasteiger partial charge in [0.15, 0.2) is 0 Å². The SMILES string of the molecule is CCCCOC(=O)Nc1cnccc1CN1C(=O)N(c2ccc(OC(F)(F)F)cc2)C(=O)C12CC2. The fourth-order valence-corrected chi connectivity index (χ4v) is 3.86. The first-order valence-corrected chi connectivity index (χ1v) is 11.0. The summed E-state index contributed by atoms with van der Waals surface area (Å²) in [6, 6.07) is 5.55. The van der Waals surface area contributed by atoms with Crippen LogP contribution in [0.3, 0.4) is 0 Å². The van der Waals surface area contributed by atoms with E-state index in [0.717, 1.165) is 29.9 Å². The fraction of sp³-hybridized carbons (Fsp3) is 0.391. The molecule has 1 saturated carbocycles. The number of hydrogen-bond acceptors (Lipinski definition) is 6. The number of nitrogens with one attached hydrogen (secondary N) is 1. The first-order valence-electron chi connectivity index (χ1n) is 11.0. The van der Waals surface area contributed by atoms with Crippen LogP contribution in [0.2, 0.25) is 0 Å². The lowest BCUT2D eigenvalue weighted by Crippen LogP contribution is -2.36. The van der Waals surface area contributed by atoms with Crippen molar-refractivity contribution in [2.75, 3.05) is 16.8 Å². The number of urea groups is 1. The molecular weight excluding hydrogens is 469 g/mol. The third kappa shape index (κ3) is 5.15. The molecule has 0 radical (unpaired) electrons. The molecule has 2 aliphatic rings. The monoisotopic (exact) mass is 492 g/mol. The summed E-state index contributed by atoms with van der Waals surface area (Å²) in [6.45, 7) is 2.25. The molecule has 1 aromatic carbocycles. The number of aromatic nitrogens is 1. The van der Waals surface area contributed by atoms with Crippen molar-refractivity contribution in [1.29, 1.82) is 0 Å². The Balaban J connectivity index is 1.52. The van der Waals surface area contributed by atoms with Gasteiger partial charge in [-0.05, 0) is 55.2 Å². The molecule has 1 N–H and O–H groups in total. The predicted octanol–water partition coefficient (Wildman–Crippen LogP) is 4.83. The Morgan fingerprint density at radius 2 is 1.89 bits per heavy atom. The molecule has 12 heteroatoms. The summed E-state index contributed by atoms with van der Waals surface area (Å²) in [7, 11) is 0. The zero-order valence-electron chi connectivity index (χ0n) is 18.8. The molecule has 4 amide bonds. The van der Waals surface area contributed by atoms with Crippen LogP contribution in [0, 0.1) is 0 Å². The summed E-state index contributed by atoms with van der Waals surface area (Å²) in [5.74, 6) is -0.911. The molecule has 186 valence electrons. The van der Waals surface area contributed by atoms with Crippen LogP contribution >= 0.6 is 0 Å². The predicted molar refractivity (Wildman–Crippen MR) is 118 cm³/mol. The Morgan fingerprint density at radius 3 is 2.51 bits per heavy atom. The number of unbranched alkanes of at least 4 members (excludes halogenated alkanes) is 1. The van der Waals surface area contributed by atoms with Crippen molar-refractivity contribution in [2.45, 2.75) is 51.1 Å². The van der Waals surface area contributed by atoms with Crippen LogP contribution in [0.1, 0.15) is 38.2 Å². The molecule has 1 spiro atoms. The second-order valence-corrected chi connectivity index (χ2v) is 8.23. The molecule has 35 heavy (non-hydrogen) atoms. The summed E-state index contributed by atoms with van der Waals surface area (Å²) in [6.07, 6.45) is -0.0780. The number of carbonyl (C=O) groups excluding carboxylic acids is 3. The van der Waals surface area contributed by atoms with E-state index in [1.54, 1.807) is 6.07 Å². The molecule has 1 aliphatic carbocycles. The summed E-state index contributed by atoms with van der Waals surface area (Å²) in [5, 5.41) is 2.62. The van der Waals surface area contributed by atoms with Crippen molar-refractivity contribution in [2.24, 2.45) is 0 Å². The highest BCUT2D eigenvalue weighted by atomic mass is 19.4. The van der Waals surface area contributed by atoms with Crippen molar-refractivity contribution in [3.8, 4) is 5.75 Å². The molecule has 2 fully saturated rings. The molecule has 2 heterocycles. The lowest BCUT2D eigenvalue weighted by atomic mass is 10.1. The maximum Gasteiger partial charge on any atom is 0.573 e. The number of imide groups is 1. The van der Waals surface area contributed by atoms with Gasteiger partial charge in [0.05, 0.1) is 30.7 Å². The van der Waals surface area contributed by atoms with Gasteiger partial charge in [0.25, 0.3) is 5.91 Å². The van der Waals surface area contributed by atoms with Crippen molar-refractivity contribution in [1.82, 2.24) is 9.88 Å². The molecule has 0 bridgehead atoms. The minimum atomic E-state index is -4.85. The normalized spacial score (nSPS) is 16.6. The molecule has 1 aromatic heterocycles. The molecule has 0 unspecified atom stereocenters. The maximum atomic E-state index is 13.3. The number of nitrogens with zero attached hydrogens (tertiary/aromatic N) is 3. The van der Waals surface area contributed by atoms with E-state index in [1.165, 1.54) is 29.4 Å².